The fourth-order valence-electron chi connectivity index (χ4n) is 2.43. The Hall–Kier alpha value is -1.39. The van der Waals surface area contributed by atoms with Crippen molar-refractivity contribution in [2.75, 3.05) is 13.7 Å². The van der Waals surface area contributed by atoms with Crippen molar-refractivity contribution in [2.45, 2.75) is 44.8 Å². The summed E-state index contributed by atoms with van der Waals surface area (Å²) in [4.78, 5) is 8.04. The lowest BCUT2D eigenvalue weighted by atomic mass is 10.1. The summed E-state index contributed by atoms with van der Waals surface area (Å²) in [7, 11) is 1.73. The average molecular weight is 274 g/mol. The highest BCUT2D eigenvalue weighted by Crippen LogP contribution is 2.26. The van der Waals surface area contributed by atoms with Gasteiger partial charge in [-0.2, -0.15) is 0 Å². The highest BCUT2D eigenvalue weighted by Gasteiger charge is 2.24. The van der Waals surface area contributed by atoms with Crippen LogP contribution in [-0.4, -0.2) is 35.9 Å². The first-order valence-corrected chi connectivity index (χ1v) is 7.36. The van der Waals surface area contributed by atoms with E-state index in [0.29, 0.717) is 6.10 Å². The molecule has 0 aliphatic heterocycles. The predicted octanol–water partition coefficient (Wildman–Crippen LogP) is 2.86. The molecule has 2 aromatic rings. The predicted molar refractivity (Wildman–Crippen MR) is 78.9 cm³/mol. The molecular weight excluding hydrogens is 252 g/mol. The number of fused-ring (bicyclic) bond motifs is 1. The van der Waals surface area contributed by atoms with Crippen molar-refractivity contribution in [3.05, 3.63) is 29.6 Å². The molecule has 1 aliphatic carbocycles. The molecule has 4 heteroatoms. The lowest BCUT2D eigenvalue weighted by Crippen LogP contribution is -2.13. The molecule has 0 saturated heterocycles. The summed E-state index contributed by atoms with van der Waals surface area (Å²) >= 11 is 0. The van der Waals surface area contributed by atoms with Gasteiger partial charge in [-0.05, 0) is 43.9 Å². The molecule has 1 aliphatic rings. The number of hydrogen-bond donors (Lipinski definition) is 1. The van der Waals surface area contributed by atoms with Gasteiger partial charge in [0.25, 0.3) is 0 Å². The minimum Gasteiger partial charge on any atom is -0.384 e. The third kappa shape index (κ3) is 3.38. The summed E-state index contributed by atoms with van der Waals surface area (Å²) < 4.78 is 11.0. The highest BCUT2D eigenvalue weighted by atomic mass is 16.5. The maximum atomic E-state index is 5.86. The van der Waals surface area contributed by atoms with E-state index in [4.69, 9.17) is 9.47 Å². The van der Waals surface area contributed by atoms with E-state index in [9.17, 15) is 0 Å². The SMILES string of the molecule is COCCc1ccc2nc(C[C@@H](C)OC3CC3)[nH]c2c1. The van der Waals surface area contributed by atoms with Crippen LogP contribution in [0.1, 0.15) is 31.2 Å². The zero-order valence-corrected chi connectivity index (χ0v) is 12.2. The Balaban J connectivity index is 1.68. The zero-order chi connectivity index (χ0) is 13.9. The third-order valence-corrected chi connectivity index (χ3v) is 3.62. The molecule has 1 saturated carbocycles. The number of methoxy groups -OCH3 is 1. The maximum absolute atomic E-state index is 5.86. The number of H-pyrrole nitrogens is 1. The summed E-state index contributed by atoms with van der Waals surface area (Å²) in [5.41, 5.74) is 3.41. The Morgan fingerprint density at radius 3 is 3.00 bits per heavy atom. The summed E-state index contributed by atoms with van der Waals surface area (Å²) in [6.07, 6.45) is 4.94. The molecule has 1 fully saturated rings. The van der Waals surface area contributed by atoms with Crippen molar-refractivity contribution in [2.24, 2.45) is 0 Å². The highest BCUT2D eigenvalue weighted by molar-refractivity contribution is 5.75. The van der Waals surface area contributed by atoms with Gasteiger partial charge in [0.15, 0.2) is 0 Å². The molecule has 108 valence electrons. The van der Waals surface area contributed by atoms with Crippen LogP contribution in [0.25, 0.3) is 11.0 Å². The molecule has 0 spiro atoms. The average Bonchev–Trinajstić information content (AvgIpc) is 3.14. The van der Waals surface area contributed by atoms with Crippen LogP contribution in [0.4, 0.5) is 0 Å². The van der Waals surface area contributed by atoms with Gasteiger partial charge in [0, 0.05) is 13.5 Å². The van der Waals surface area contributed by atoms with Gasteiger partial charge in [0.1, 0.15) is 5.82 Å². The topological polar surface area (TPSA) is 47.1 Å². The molecule has 0 radical (unpaired) electrons. The van der Waals surface area contributed by atoms with E-state index in [2.05, 4.69) is 35.1 Å². The van der Waals surface area contributed by atoms with Gasteiger partial charge < -0.3 is 14.5 Å². The summed E-state index contributed by atoms with van der Waals surface area (Å²) in [5.74, 6) is 1.01. The number of aromatic nitrogens is 2. The van der Waals surface area contributed by atoms with Crippen molar-refractivity contribution < 1.29 is 9.47 Å². The van der Waals surface area contributed by atoms with Crippen LogP contribution in [0, 0.1) is 0 Å². The van der Waals surface area contributed by atoms with Gasteiger partial charge in [-0.1, -0.05) is 6.07 Å². The first-order chi connectivity index (χ1) is 9.74. The van der Waals surface area contributed by atoms with Crippen molar-refractivity contribution in [3.63, 3.8) is 0 Å². The lowest BCUT2D eigenvalue weighted by Gasteiger charge is -2.09. The number of benzene rings is 1. The van der Waals surface area contributed by atoms with Crippen molar-refractivity contribution in [3.8, 4) is 0 Å². The molecule has 0 bridgehead atoms. The Morgan fingerprint density at radius 1 is 1.40 bits per heavy atom. The molecule has 1 heterocycles. The number of nitrogens with zero attached hydrogens (tertiary/aromatic N) is 1. The molecule has 20 heavy (non-hydrogen) atoms. The molecule has 4 nitrogen and oxygen atoms in total. The smallest absolute Gasteiger partial charge is 0.109 e. The van der Waals surface area contributed by atoms with Crippen LogP contribution >= 0.6 is 0 Å². The number of imidazole rings is 1. The van der Waals surface area contributed by atoms with E-state index in [1.165, 1.54) is 18.4 Å². The normalized spacial score (nSPS) is 16.7. The standard InChI is InChI=1S/C16H22N2O2/c1-11(20-13-4-5-13)9-16-17-14-6-3-12(7-8-19-2)10-15(14)18-16/h3,6,10-11,13H,4-5,7-9H2,1-2H3,(H,17,18)/t11-/m1/s1. The van der Waals surface area contributed by atoms with E-state index >= 15 is 0 Å². The summed E-state index contributed by atoms with van der Waals surface area (Å²) in [5, 5.41) is 0. The van der Waals surface area contributed by atoms with E-state index < -0.39 is 0 Å². The van der Waals surface area contributed by atoms with E-state index in [0.717, 1.165) is 36.3 Å². The first-order valence-electron chi connectivity index (χ1n) is 7.36. The Bertz CT molecular complexity index is 575. The van der Waals surface area contributed by atoms with Crippen LogP contribution in [0.15, 0.2) is 18.2 Å². The van der Waals surface area contributed by atoms with Crippen LogP contribution in [0.3, 0.4) is 0 Å². The quantitative estimate of drug-likeness (QED) is 0.844. The van der Waals surface area contributed by atoms with Gasteiger partial charge in [-0.25, -0.2) is 4.98 Å². The van der Waals surface area contributed by atoms with E-state index in [-0.39, 0.29) is 6.10 Å². The molecule has 1 N–H and O–H groups in total. The zero-order valence-electron chi connectivity index (χ0n) is 12.2. The van der Waals surface area contributed by atoms with Gasteiger partial charge in [-0.15, -0.1) is 0 Å². The van der Waals surface area contributed by atoms with Gasteiger partial charge in [0.2, 0.25) is 0 Å². The summed E-state index contributed by atoms with van der Waals surface area (Å²) in [6, 6.07) is 6.36. The molecule has 1 aromatic carbocycles. The summed E-state index contributed by atoms with van der Waals surface area (Å²) in [6.45, 7) is 2.87. The van der Waals surface area contributed by atoms with Crippen LogP contribution in [0.5, 0.6) is 0 Å². The second kappa shape index (κ2) is 5.94. The Labute approximate surface area is 119 Å². The van der Waals surface area contributed by atoms with Crippen molar-refractivity contribution in [1.82, 2.24) is 9.97 Å². The fourth-order valence-corrected chi connectivity index (χ4v) is 2.43. The Morgan fingerprint density at radius 2 is 2.25 bits per heavy atom. The van der Waals surface area contributed by atoms with Crippen molar-refractivity contribution in [1.29, 1.82) is 0 Å². The van der Waals surface area contributed by atoms with E-state index in [1.807, 2.05) is 0 Å². The van der Waals surface area contributed by atoms with E-state index in [1.54, 1.807) is 7.11 Å². The largest absolute Gasteiger partial charge is 0.384 e. The van der Waals surface area contributed by atoms with Crippen molar-refractivity contribution >= 4 is 11.0 Å². The number of hydrogen-bond acceptors (Lipinski definition) is 3. The molecule has 1 atom stereocenters. The second-order valence-corrected chi connectivity index (χ2v) is 5.63. The van der Waals surface area contributed by atoms with Gasteiger partial charge in [0.05, 0.1) is 29.8 Å². The van der Waals surface area contributed by atoms with Crippen LogP contribution in [-0.2, 0) is 22.3 Å². The molecule has 3 rings (SSSR count). The molecule has 0 unspecified atom stereocenters. The number of ether oxygens (including phenoxy) is 2. The Kier molecular flexibility index (Phi) is 4.03. The van der Waals surface area contributed by atoms with Gasteiger partial charge in [-0.3, -0.25) is 0 Å². The van der Waals surface area contributed by atoms with Crippen LogP contribution < -0.4 is 0 Å². The number of nitrogens with one attached hydrogen (secondary N) is 1. The minimum absolute atomic E-state index is 0.232. The molecular formula is C16H22N2O2. The van der Waals surface area contributed by atoms with Gasteiger partial charge >= 0.3 is 0 Å². The molecule has 1 aromatic heterocycles. The minimum atomic E-state index is 0.232. The number of rotatable bonds is 7. The first kappa shape index (κ1) is 13.6. The fraction of sp³-hybridized carbons (Fsp3) is 0.562. The maximum Gasteiger partial charge on any atom is 0.109 e. The van der Waals surface area contributed by atoms with Crippen LogP contribution in [0.2, 0.25) is 0 Å². The third-order valence-electron chi connectivity index (χ3n) is 3.62. The number of aromatic amines is 1. The monoisotopic (exact) mass is 274 g/mol. The second-order valence-electron chi connectivity index (χ2n) is 5.63. The lowest BCUT2D eigenvalue weighted by molar-refractivity contribution is 0.0518. The molecule has 0 amide bonds.